The maximum Gasteiger partial charge on any atom is 0.128 e. The van der Waals surface area contributed by atoms with Gasteiger partial charge in [-0.15, -0.1) is 0 Å². The minimum Gasteiger partial charge on any atom is -0.370 e. The molecule has 18 heavy (non-hydrogen) atoms. The Balaban J connectivity index is 1.80. The van der Waals surface area contributed by atoms with Crippen LogP contribution in [0, 0.1) is 0 Å². The van der Waals surface area contributed by atoms with E-state index < -0.39 is 0 Å². The first kappa shape index (κ1) is 13.5. The highest BCUT2D eigenvalue weighted by molar-refractivity contribution is 7.99. The third-order valence-corrected chi connectivity index (χ3v) is 4.49. The van der Waals surface area contributed by atoms with Crippen LogP contribution in [0.2, 0.25) is 0 Å². The van der Waals surface area contributed by atoms with Gasteiger partial charge in [0, 0.05) is 18.3 Å². The molecule has 1 aliphatic rings. The van der Waals surface area contributed by atoms with Gasteiger partial charge in [-0.3, -0.25) is 0 Å². The molecule has 0 spiro atoms. The Labute approximate surface area is 114 Å². The maximum absolute atomic E-state index is 4.56. The molecule has 3 nitrogen and oxygen atoms in total. The summed E-state index contributed by atoms with van der Waals surface area (Å²) in [6, 6.07) is 6.13. The van der Waals surface area contributed by atoms with Crippen molar-refractivity contribution in [2.75, 3.05) is 29.5 Å². The molecule has 1 aromatic heterocycles. The molecule has 0 aliphatic carbocycles. The summed E-state index contributed by atoms with van der Waals surface area (Å²) in [6.45, 7) is 4.18. The van der Waals surface area contributed by atoms with Crippen molar-refractivity contribution in [2.45, 2.75) is 37.9 Å². The van der Waals surface area contributed by atoms with Gasteiger partial charge in [0.05, 0.1) is 0 Å². The molecule has 1 aromatic rings. The van der Waals surface area contributed by atoms with Gasteiger partial charge in [-0.1, -0.05) is 19.4 Å². The molecule has 1 atom stereocenters. The van der Waals surface area contributed by atoms with Gasteiger partial charge >= 0.3 is 0 Å². The molecule has 100 valence electrons. The van der Waals surface area contributed by atoms with Gasteiger partial charge in [0.25, 0.3) is 0 Å². The molecule has 0 bridgehead atoms. The van der Waals surface area contributed by atoms with E-state index in [1.165, 1.54) is 25.0 Å². The van der Waals surface area contributed by atoms with E-state index in [1.54, 1.807) is 0 Å². The largest absolute Gasteiger partial charge is 0.370 e. The molecule has 1 aliphatic heterocycles. The molecule has 0 radical (unpaired) electrons. The van der Waals surface area contributed by atoms with Crippen LogP contribution in [0.1, 0.15) is 32.6 Å². The van der Waals surface area contributed by atoms with E-state index in [2.05, 4.69) is 40.4 Å². The monoisotopic (exact) mass is 265 g/mol. The van der Waals surface area contributed by atoms with Crippen LogP contribution in [0.4, 0.5) is 11.6 Å². The van der Waals surface area contributed by atoms with Crippen molar-refractivity contribution in [3.63, 3.8) is 0 Å². The molecule has 1 saturated heterocycles. The summed E-state index contributed by atoms with van der Waals surface area (Å²) < 4.78 is 0. The summed E-state index contributed by atoms with van der Waals surface area (Å²) in [5.74, 6) is 3.28. The molecule has 1 fully saturated rings. The van der Waals surface area contributed by atoms with Crippen LogP contribution in [0.25, 0.3) is 0 Å². The Hall–Kier alpha value is -0.900. The zero-order valence-corrected chi connectivity index (χ0v) is 11.9. The molecule has 0 saturated carbocycles. The average Bonchev–Trinajstić information content (AvgIpc) is 2.44. The molecular weight excluding hydrogens is 242 g/mol. The third-order valence-electron chi connectivity index (χ3n) is 3.09. The van der Waals surface area contributed by atoms with Gasteiger partial charge in [-0.05, 0) is 37.1 Å². The fourth-order valence-electron chi connectivity index (χ4n) is 2.07. The predicted molar refractivity (Wildman–Crippen MR) is 81.6 cm³/mol. The number of thioether (sulfide) groups is 1. The summed E-state index contributed by atoms with van der Waals surface area (Å²) in [5.41, 5.74) is 0. The molecule has 0 aromatic carbocycles. The van der Waals surface area contributed by atoms with E-state index >= 15 is 0 Å². The molecule has 0 amide bonds. The number of rotatable bonds is 6. The Morgan fingerprint density at radius 3 is 2.83 bits per heavy atom. The van der Waals surface area contributed by atoms with Gasteiger partial charge in [0.15, 0.2) is 0 Å². The van der Waals surface area contributed by atoms with Gasteiger partial charge in [-0.25, -0.2) is 4.98 Å². The smallest absolute Gasteiger partial charge is 0.128 e. The number of hydrogen-bond donors (Lipinski definition) is 2. The molecule has 2 rings (SSSR count). The van der Waals surface area contributed by atoms with E-state index in [0.29, 0.717) is 0 Å². The van der Waals surface area contributed by atoms with Crippen LogP contribution in [0.3, 0.4) is 0 Å². The zero-order chi connectivity index (χ0) is 12.6. The number of pyridine rings is 1. The lowest BCUT2D eigenvalue weighted by Gasteiger charge is -2.21. The quantitative estimate of drug-likeness (QED) is 0.824. The van der Waals surface area contributed by atoms with Crippen molar-refractivity contribution >= 4 is 23.4 Å². The summed E-state index contributed by atoms with van der Waals surface area (Å²) in [4.78, 5) is 4.56. The van der Waals surface area contributed by atoms with E-state index in [0.717, 1.165) is 36.4 Å². The lowest BCUT2D eigenvalue weighted by molar-refractivity contribution is 0.677. The fourth-order valence-corrected chi connectivity index (χ4v) is 3.31. The predicted octanol–water partition coefficient (Wildman–Crippen LogP) is 3.60. The number of aromatic nitrogens is 1. The standard InChI is InChI=1S/C14H23N3S/c1-2-9-15-13-7-5-8-14(17-13)16-11-12-6-3-4-10-18-12/h5,7-8,12H,2-4,6,9-11H2,1H3,(H2,15,16,17). The average molecular weight is 265 g/mol. The van der Waals surface area contributed by atoms with Crippen LogP contribution < -0.4 is 10.6 Å². The van der Waals surface area contributed by atoms with Crippen molar-refractivity contribution in [3.8, 4) is 0 Å². The lowest BCUT2D eigenvalue weighted by atomic mass is 10.2. The van der Waals surface area contributed by atoms with Crippen molar-refractivity contribution in [1.82, 2.24) is 4.98 Å². The second kappa shape index (κ2) is 7.52. The van der Waals surface area contributed by atoms with Crippen LogP contribution >= 0.6 is 11.8 Å². The van der Waals surface area contributed by atoms with Crippen LogP contribution in [-0.4, -0.2) is 29.1 Å². The Morgan fingerprint density at radius 1 is 1.28 bits per heavy atom. The number of anilines is 2. The van der Waals surface area contributed by atoms with E-state index in [9.17, 15) is 0 Å². The van der Waals surface area contributed by atoms with E-state index in [-0.39, 0.29) is 0 Å². The second-order valence-electron chi connectivity index (χ2n) is 4.70. The minimum absolute atomic E-state index is 0.757. The normalized spacial score (nSPS) is 19.5. The number of hydrogen-bond acceptors (Lipinski definition) is 4. The van der Waals surface area contributed by atoms with Crippen LogP contribution in [0.5, 0.6) is 0 Å². The topological polar surface area (TPSA) is 37.0 Å². The summed E-state index contributed by atoms with van der Waals surface area (Å²) >= 11 is 2.09. The summed E-state index contributed by atoms with van der Waals surface area (Å²) in [7, 11) is 0. The first-order valence-corrected chi connectivity index (χ1v) is 8.00. The van der Waals surface area contributed by atoms with Gasteiger partial charge in [0.2, 0.25) is 0 Å². The van der Waals surface area contributed by atoms with Gasteiger partial charge in [0.1, 0.15) is 11.6 Å². The highest BCUT2D eigenvalue weighted by Gasteiger charge is 2.13. The highest BCUT2D eigenvalue weighted by Crippen LogP contribution is 2.25. The number of nitrogens with zero attached hydrogens (tertiary/aromatic N) is 1. The molecule has 4 heteroatoms. The van der Waals surface area contributed by atoms with Crippen molar-refractivity contribution < 1.29 is 0 Å². The molecular formula is C14H23N3S. The Kier molecular flexibility index (Phi) is 5.65. The fraction of sp³-hybridized carbons (Fsp3) is 0.643. The highest BCUT2D eigenvalue weighted by atomic mass is 32.2. The van der Waals surface area contributed by atoms with Gasteiger partial charge in [-0.2, -0.15) is 11.8 Å². The zero-order valence-electron chi connectivity index (χ0n) is 11.1. The molecule has 1 unspecified atom stereocenters. The Morgan fingerprint density at radius 2 is 2.11 bits per heavy atom. The van der Waals surface area contributed by atoms with Crippen LogP contribution in [-0.2, 0) is 0 Å². The maximum atomic E-state index is 4.56. The Bertz CT molecular complexity index is 351. The van der Waals surface area contributed by atoms with E-state index in [1.807, 2.05) is 12.1 Å². The third kappa shape index (κ3) is 4.41. The number of nitrogens with one attached hydrogen (secondary N) is 2. The van der Waals surface area contributed by atoms with Gasteiger partial charge < -0.3 is 10.6 Å². The molecule has 2 N–H and O–H groups in total. The van der Waals surface area contributed by atoms with Crippen molar-refractivity contribution in [1.29, 1.82) is 0 Å². The SMILES string of the molecule is CCCNc1cccc(NCC2CCCCS2)n1. The first-order chi connectivity index (χ1) is 8.88. The first-order valence-electron chi connectivity index (χ1n) is 6.95. The molecule has 2 heterocycles. The summed E-state index contributed by atoms with van der Waals surface area (Å²) in [6.07, 6.45) is 5.23. The van der Waals surface area contributed by atoms with Crippen molar-refractivity contribution in [3.05, 3.63) is 18.2 Å². The lowest BCUT2D eigenvalue weighted by Crippen LogP contribution is -2.20. The minimum atomic E-state index is 0.757. The second-order valence-corrected chi connectivity index (χ2v) is 6.11. The summed E-state index contributed by atoms with van der Waals surface area (Å²) in [5, 5.41) is 7.53. The van der Waals surface area contributed by atoms with Crippen LogP contribution in [0.15, 0.2) is 18.2 Å². The van der Waals surface area contributed by atoms with E-state index in [4.69, 9.17) is 0 Å². The van der Waals surface area contributed by atoms with Crippen molar-refractivity contribution in [2.24, 2.45) is 0 Å².